The molecular weight excluding hydrogens is 268 g/mol. The maximum Gasteiger partial charge on any atom is 0.286 e. The molecule has 1 N–H and O–H groups in total. The zero-order chi connectivity index (χ0) is 15.1. The zero-order valence-corrected chi connectivity index (χ0v) is 13.3. The molecule has 2 heterocycles. The molecule has 0 bridgehead atoms. The van der Waals surface area contributed by atoms with E-state index in [0.29, 0.717) is 24.6 Å². The lowest BCUT2D eigenvalue weighted by molar-refractivity contribution is -0.121. The molecule has 0 radical (unpaired) electrons. The van der Waals surface area contributed by atoms with Crippen molar-refractivity contribution < 1.29 is 14.3 Å². The molecule has 0 aromatic heterocycles. The molecule has 0 aliphatic carbocycles. The molecule has 2 aliphatic heterocycles. The minimum absolute atomic E-state index is 0.0664. The van der Waals surface area contributed by atoms with Gasteiger partial charge in [0.05, 0.1) is 18.8 Å². The molecule has 2 rings (SSSR count). The Hall–Kier alpha value is -1.07. The molecule has 0 unspecified atom stereocenters. The summed E-state index contributed by atoms with van der Waals surface area (Å²) >= 11 is 0. The molecule has 1 saturated heterocycles. The first-order valence-corrected chi connectivity index (χ1v) is 8.14. The molecule has 21 heavy (non-hydrogen) atoms. The third-order valence-corrected chi connectivity index (χ3v) is 3.84. The van der Waals surface area contributed by atoms with Crippen LogP contribution in [-0.2, 0) is 14.3 Å². The number of carbonyl (C=O) groups excluding carboxylic acids is 1. The molecule has 2 aliphatic rings. The Morgan fingerprint density at radius 1 is 1.33 bits per heavy atom. The van der Waals surface area contributed by atoms with Gasteiger partial charge in [-0.3, -0.25) is 9.69 Å². The number of nitrogens with zero attached hydrogens (tertiary/aromatic N) is 1. The van der Waals surface area contributed by atoms with Gasteiger partial charge in [0.15, 0.2) is 5.76 Å². The third kappa shape index (κ3) is 5.67. The Labute approximate surface area is 127 Å². The van der Waals surface area contributed by atoms with Crippen LogP contribution in [0.4, 0.5) is 0 Å². The lowest BCUT2D eigenvalue weighted by atomic mass is 10.2. The summed E-state index contributed by atoms with van der Waals surface area (Å²) in [5.74, 6) is 0.431. The standard InChI is InChI=1S/C16H28N2O3/c1-13-11-18(12-14(2)21-13)9-5-4-8-17-16(19)15-7-3-6-10-20-15/h7,13-14H,3-6,8-12H2,1-2H3,(H,17,19)/t13-,14+. The van der Waals surface area contributed by atoms with Crippen LogP contribution >= 0.6 is 0 Å². The van der Waals surface area contributed by atoms with Crippen LogP contribution in [0.2, 0.25) is 0 Å². The van der Waals surface area contributed by atoms with Gasteiger partial charge in [0.2, 0.25) is 0 Å². The minimum Gasteiger partial charge on any atom is -0.488 e. The van der Waals surface area contributed by atoms with Crippen molar-refractivity contribution in [3.05, 3.63) is 11.8 Å². The number of unbranched alkanes of at least 4 members (excludes halogenated alkanes) is 1. The molecule has 0 aromatic rings. The van der Waals surface area contributed by atoms with Crippen molar-refractivity contribution in [2.24, 2.45) is 0 Å². The summed E-state index contributed by atoms with van der Waals surface area (Å²) in [7, 11) is 0. The maximum absolute atomic E-state index is 11.8. The van der Waals surface area contributed by atoms with E-state index in [0.717, 1.165) is 51.9 Å². The Morgan fingerprint density at radius 3 is 2.76 bits per heavy atom. The Bertz CT molecular complexity index is 361. The van der Waals surface area contributed by atoms with E-state index >= 15 is 0 Å². The van der Waals surface area contributed by atoms with Crippen LogP contribution in [0, 0.1) is 0 Å². The number of nitrogens with one attached hydrogen (secondary N) is 1. The third-order valence-electron chi connectivity index (χ3n) is 3.84. The van der Waals surface area contributed by atoms with Crippen molar-refractivity contribution in [3.63, 3.8) is 0 Å². The summed E-state index contributed by atoms with van der Waals surface area (Å²) in [5, 5.41) is 2.93. The number of carbonyl (C=O) groups is 1. The van der Waals surface area contributed by atoms with E-state index in [2.05, 4.69) is 24.1 Å². The lowest BCUT2D eigenvalue weighted by Gasteiger charge is -2.35. The number of hydrogen-bond donors (Lipinski definition) is 1. The normalized spacial score (nSPS) is 26.9. The van der Waals surface area contributed by atoms with Gasteiger partial charge >= 0.3 is 0 Å². The number of allylic oxidation sites excluding steroid dienone is 1. The fraction of sp³-hybridized carbons (Fsp3) is 0.812. The highest BCUT2D eigenvalue weighted by Crippen LogP contribution is 2.11. The molecule has 0 saturated carbocycles. The Morgan fingerprint density at radius 2 is 2.10 bits per heavy atom. The van der Waals surface area contributed by atoms with Gasteiger partial charge in [-0.25, -0.2) is 0 Å². The summed E-state index contributed by atoms with van der Waals surface area (Å²) in [6, 6.07) is 0. The van der Waals surface area contributed by atoms with E-state index in [1.54, 1.807) is 0 Å². The van der Waals surface area contributed by atoms with Gasteiger partial charge in [-0.05, 0) is 52.2 Å². The zero-order valence-electron chi connectivity index (χ0n) is 13.3. The average Bonchev–Trinajstić information content (AvgIpc) is 2.46. The second-order valence-corrected chi connectivity index (χ2v) is 6.04. The predicted molar refractivity (Wildman–Crippen MR) is 82.0 cm³/mol. The van der Waals surface area contributed by atoms with Crippen molar-refractivity contribution in [1.82, 2.24) is 10.2 Å². The molecule has 5 nitrogen and oxygen atoms in total. The van der Waals surface area contributed by atoms with E-state index < -0.39 is 0 Å². The summed E-state index contributed by atoms with van der Waals surface area (Å²) in [5.41, 5.74) is 0. The quantitative estimate of drug-likeness (QED) is 0.758. The Balaban J connectivity index is 1.55. The van der Waals surface area contributed by atoms with Crippen molar-refractivity contribution in [1.29, 1.82) is 0 Å². The molecular formula is C16H28N2O3. The summed E-state index contributed by atoms with van der Waals surface area (Å²) in [4.78, 5) is 14.3. The first kappa shape index (κ1) is 16.3. The number of morpholine rings is 1. The van der Waals surface area contributed by atoms with Crippen molar-refractivity contribution in [3.8, 4) is 0 Å². The molecule has 0 aromatic carbocycles. The van der Waals surface area contributed by atoms with Crippen molar-refractivity contribution in [2.75, 3.05) is 32.8 Å². The van der Waals surface area contributed by atoms with E-state index in [-0.39, 0.29) is 5.91 Å². The highest BCUT2D eigenvalue weighted by atomic mass is 16.5. The SMILES string of the molecule is C[C@@H]1CN(CCCCNC(=O)C2=CCCCO2)C[C@H](C)O1. The van der Waals surface area contributed by atoms with E-state index in [1.165, 1.54) is 0 Å². The molecule has 5 heteroatoms. The highest BCUT2D eigenvalue weighted by molar-refractivity contribution is 5.91. The number of amides is 1. The second-order valence-electron chi connectivity index (χ2n) is 6.04. The number of rotatable bonds is 6. The monoisotopic (exact) mass is 296 g/mol. The smallest absolute Gasteiger partial charge is 0.286 e. The van der Waals surface area contributed by atoms with Gasteiger partial charge in [0, 0.05) is 19.6 Å². The van der Waals surface area contributed by atoms with Crippen LogP contribution in [0.5, 0.6) is 0 Å². The highest BCUT2D eigenvalue weighted by Gasteiger charge is 2.21. The number of ether oxygens (including phenoxy) is 2. The van der Waals surface area contributed by atoms with Crippen molar-refractivity contribution in [2.45, 2.75) is 51.7 Å². The maximum atomic E-state index is 11.8. The van der Waals surface area contributed by atoms with Gasteiger partial charge < -0.3 is 14.8 Å². The van der Waals surface area contributed by atoms with Gasteiger partial charge in [0.1, 0.15) is 0 Å². The van der Waals surface area contributed by atoms with Crippen molar-refractivity contribution >= 4 is 5.91 Å². The van der Waals surface area contributed by atoms with Crippen LogP contribution in [0.3, 0.4) is 0 Å². The molecule has 1 fully saturated rings. The van der Waals surface area contributed by atoms with Crippen LogP contribution in [-0.4, -0.2) is 55.8 Å². The summed E-state index contributed by atoms with van der Waals surface area (Å²) in [6.07, 6.45) is 6.57. The first-order valence-electron chi connectivity index (χ1n) is 8.14. The second kappa shape index (κ2) is 8.39. The molecule has 2 atom stereocenters. The van der Waals surface area contributed by atoms with Crippen LogP contribution in [0.25, 0.3) is 0 Å². The van der Waals surface area contributed by atoms with E-state index in [1.807, 2.05) is 6.08 Å². The fourth-order valence-electron chi connectivity index (χ4n) is 2.93. The molecule has 1 amide bonds. The van der Waals surface area contributed by atoms with Gasteiger partial charge in [-0.15, -0.1) is 0 Å². The predicted octanol–water partition coefficient (Wildman–Crippen LogP) is 1.69. The average molecular weight is 296 g/mol. The van der Waals surface area contributed by atoms with E-state index in [9.17, 15) is 4.79 Å². The largest absolute Gasteiger partial charge is 0.488 e. The fourth-order valence-corrected chi connectivity index (χ4v) is 2.93. The van der Waals surface area contributed by atoms with Gasteiger partial charge in [-0.1, -0.05) is 0 Å². The molecule has 0 spiro atoms. The minimum atomic E-state index is -0.0664. The Kier molecular flexibility index (Phi) is 6.51. The van der Waals surface area contributed by atoms with Gasteiger partial charge in [0.25, 0.3) is 5.91 Å². The van der Waals surface area contributed by atoms with Gasteiger partial charge in [-0.2, -0.15) is 0 Å². The van der Waals surface area contributed by atoms with E-state index in [4.69, 9.17) is 9.47 Å². The summed E-state index contributed by atoms with van der Waals surface area (Å²) in [6.45, 7) is 8.73. The summed E-state index contributed by atoms with van der Waals surface area (Å²) < 4.78 is 11.1. The van der Waals surface area contributed by atoms with Crippen LogP contribution in [0.15, 0.2) is 11.8 Å². The molecule has 120 valence electrons. The van der Waals surface area contributed by atoms with Crippen LogP contribution in [0.1, 0.15) is 39.5 Å². The first-order chi connectivity index (χ1) is 10.1. The van der Waals surface area contributed by atoms with Crippen LogP contribution < -0.4 is 5.32 Å². The number of hydrogen-bond acceptors (Lipinski definition) is 4. The lowest BCUT2D eigenvalue weighted by Crippen LogP contribution is -2.45. The topological polar surface area (TPSA) is 50.8 Å².